The topological polar surface area (TPSA) is 230 Å². The van der Waals surface area contributed by atoms with E-state index in [1.807, 2.05) is 6.07 Å². The first-order chi connectivity index (χ1) is 31.4. The van der Waals surface area contributed by atoms with Crippen LogP contribution in [-0.4, -0.2) is 106 Å². The van der Waals surface area contributed by atoms with Crippen LogP contribution in [0.25, 0.3) is 0 Å². The Balaban J connectivity index is 1.87. The van der Waals surface area contributed by atoms with E-state index in [4.69, 9.17) is 15.2 Å². The van der Waals surface area contributed by atoms with Crippen molar-refractivity contribution >= 4 is 29.6 Å². The first kappa shape index (κ1) is 57.5. The molecule has 8 N–H and O–H groups in total. The molecule has 15 heteroatoms. The molecule has 0 unspecified atom stereocenters. The molecular formula is C50H87N5O10. The zero-order valence-electron chi connectivity index (χ0n) is 40.0. The Morgan fingerprint density at radius 3 is 1.57 bits per heavy atom. The third-order valence-electron chi connectivity index (χ3n) is 12.2. The molecule has 0 bridgehead atoms. The predicted molar refractivity (Wildman–Crippen MR) is 253 cm³/mol. The number of carbonyl (C=O) groups excluding carboxylic acids is 5. The molecule has 1 aromatic rings. The van der Waals surface area contributed by atoms with Gasteiger partial charge in [-0.2, -0.15) is 0 Å². The summed E-state index contributed by atoms with van der Waals surface area (Å²) in [5, 5.41) is 40.2. The molecule has 5 atom stereocenters. The van der Waals surface area contributed by atoms with Gasteiger partial charge >= 0.3 is 6.09 Å². The molecule has 1 aliphatic heterocycles. The highest BCUT2D eigenvalue weighted by Crippen LogP contribution is 2.32. The third kappa shape index (κ3) is 25.2. The van der Waals surface area contributed by atoms with E-state index in [9.17, 15) is 39.3 Å². The van der Waals surface area contributed by atoms with Crippen molar-refractivity contribution in [2.24, 2.45) is 5.73 Å². The lowest BCUT2D eigenvalue weighted by atomic mass is 9.91. The van der Waals surface area contributed by atoms with Crippen molar-refractivity contribution in [3.8, 4) is 0 Å². The number of ketones is 1. The number of ether oxygens (including phenoxy) is 2. The van der Waals surface area contributed by atoms with Crippen LogP contribution in [0.2, 0.25) is 0 Å². The zero-order chi connectivity index (χ0) is 47.5. The van der Waals surface area contributed by atoms with E-state index in [1.54, 1.807) is 24.3 Å². The number of aliphatic hydroxyl groups is 3. The van der Waals surface area contributed by atoms with Crippen molar-refractivity contribution in [2.75, 3.05) is 26.2 Å². The van der Waals surface area contributed by atoms with E-state index in [0.717, 1.165) is 50.5 Å². The smallest absolute Gasteiger partial charge is 0.407 e. The van der Waals surface area contributed by atoms with Crippen molar-refractivity contribution in [3.05, 3.63) is 35.9 Å². The van der Waals surface area contributed by atoms with Crippen LogP contribution in [0.5, 0.6) is 0 Å². The Bertz CT molecular complexity index is 1450. The van der Waals surface area contributed by atoms with Crippen LogP contribution in [0, 0.1) is 0 Å². The number of hydrogen-bond acceptors (Lipinski definition) is 11. The van der Waals surface area contributed by atoms with Gasteiger partial charge in [-0.3, -0.25) is 29.8 Å². The molecular weight excluding hydrogens is 831 g/mol. The minimum absolute atomic E-state index is 0.0226. The third-order valence-corrected chi connectivity index (χ3v) is 12.2. The number of nitrogens with one attached hydrogen (secondary N) is 3. The Kier molecular flexibility index (Phi) is 31.4. The Morgan fingerprint density at radius 1 is 0.615 bits per heavy atom. The fourth-order valence-corrected chi connectivity index (χ4v) is 8.18. The maximum Gasteiger partial charge on any atom is 0.407 e. The van der Waals surface area contributed by atoms with Gasteiger partial charge in [-0.25, -0.2) is 4.79 Å². The molecule has 1 aliphatic rings. The van der Waals surface area contributed by atoms with Crippen LogP contribution < -0.4 is 21.7 Å². The van der Waals surface area contributed by atoms with E-state index < -0.39 is 80.0 Å². The van der Waals surface area contributed by atoms with Gasteiger partial charge in [-0.1, -0.05) is 192 Å². The summed E-state index contributed by atoms with van der Waals surface area (Å²) in [7, 11) is 0. The molecule has 0 spiro atoms. The summed E-state index contributed by atoms with van der Waals surface area (Å²) in [6, 6.07) is 9.00. The van der Waals surface area contributed by atoms with E-state index >= 15 is 0 Å². The lowest BCUT2D eigenvalue weighted by molar-refractivity contribution is -0.309. The minimum atomic E-state index is -2.22. The molecule has 0 radical (unpaired) electrons. The molecule has 15 nitrogen and oxygen atoms in total. The van der Waals surface area contributed by atoms with Crippen LogP contribution in [-0.2, 0) is 35.3 Å². The number of amides is 4. The van der Waals surface area contributed by atoms with E-state index in [-0.39, 0.29) is 25.5 Å². The van der Waals surface area contributed by atoms with Gasteiger partial charge in [0.05, 0.1) is 19.2 Å². The summed E-state index contributed by atoms with van der Waals surface area (Å²) < 4.78 is 11.1. The molecule has 4 amide bonds. The van der Waals surface area contributed by atoms with Crippen LogP contribution >= 0.6 is 0 Å². The number of benzene rings is 1. The van der Waals surface area contributed by atoms with Gasteiger partial charge in [0.15, 0.2) is 5.78 Å². The van der Waals surface area contributed by atoms with E-state index in [0.29, 0.717) is 12.8 Å². The summed E-state index contributed by atoms with van der Waals surface area (Å²) in [5.74, 6) is -4.50. The average Bonchev–Trinajstić information content (AvgIpc) is 3.30. The highest BCUT2D eigenvalue weighted by atomic mass is 16.6. The molecule has 1 heterocycles. The number of hydrogen-bond donors (Lipinski definition) is 7. The summed E-state index contributed by atoms with van der Waals surface area (Å²) in [6.45, 7) is 3.21. The Morgan fingerprint density at radius 2 is 1.06 bits per heavy atom. The second-order valence-electron chi connectivity index (χ2n) is 18.0. The number of unbranched alkanes of at least 4 members (excludes halogenated alkanes) is 23. The molecule has 0 aromatic heterocycles. The molecule has 1 saturated heterocycles. The fraction of sp³-hybridized carbons (Fsp3) is 0.780. The van der Waals surface area contributed by atoms with Crippen molar-refractivity contribution in [3.63, 3.8) is 0 Å². The molecule has 372 valence electrons. The van der Waals surface area contributed by atoms with Gasteiger partial charge in [0.2, 0.25) is 23.6 Å². The first-order valence-corrected chi connectivity index (χ1v) is 25.2. The fourth-order valence-electron chi connectivity index (χ4n) is 8.18. The predicted octanol–water partition coefficient (Wildman–Crippen LogP) is 7.21. The molecule has 0 saturated carbocycles. The minimum Gasteiger partial charge on any atom is -0.445 e. The second-order valence-corrected chi connectivity index (χ2v) is 18.0. The first-order valence-electron chi connectivity index (χ1n) is 25.2. The van der Waals surface area contributed by atoms with Crippen molar-refractivity contribution in [2.45, 2.75) is 224 Å². The van der Waals surface area contributed by atoms with Crippen molar-refractivity contribution in [1.29, 1.82) is 0 Å². The number of nitrogens with two attached hydrogens (primary N) is 1. The van der Waals surface area contributed by atoms with Crippen LogP contribution in [0.3, 0.4) is 0 Å². The average molecular weight is 918 g/mol. The Labute approximate surface area is 390 Å². The number of nitrogens with zero attached hydrogens (tertiary/aromatic N) is 1. The summed E-state index contributed by atoms with van der Waals surface area (Å²) >= 11 is 0. The molecule has 2 rings (SSSR count). The lowest BCUT2D eigenvalue weighted by Gasteiger charge is -2.51. The van der Waals surface area contributed by atoms with E-state index in [2.05, 4.69) is 29.8 Å². The maximum absolute atomic E-state index is 13.9. The summed E-state index contributed by atoms with van der Waals surface area (Å²) in [5.41, 5.74) is 7.50. The summed E-state index contributed by atoms with van der Waals surface area (Å²) in [6.07, 6.45) is 20.8. The standard InChI is InChI=1S/C50H87N5O10/c1-3-5-7-9-11-13-15-16-17-18-19-20-22-24-29-33-45(59)55(34-30-25-23-21-14-12-10-8-6-4-2)50(51)48(62)47(61)46(60)42(65-50)35-41(56)36-52-43(57)37-53-44(58)38-54-49(63)64-39-40-31-27-26-28-32-40/h26-28,31-32,42,46-48,60-62H,3-25,29-30,33-39,51H2,1-2H3,(H,52,57)(H,53,58)(H,54,63)/t42-,46+,47+,48-,50+/m1/s1. The van der Waals surface area contributed by atoms with Crippen LogP contribution in [0.15, 0.2) is 30.3 Å². The summed E-state index contributed by atoms with van der Waals surface area (Å²) in [4.78, 5) is 64.8. The zero-order valence-corrected chi connectivity index (χ0v) is 40.0. The van der Waals surface area contributed by atoms with Gasteiger partial charge < -0.3 is 40.7 Å². The van der Waals surface area contributed by atoms with Gasteiger partial charge in [0.25, 0.3) is 0 Å². The highest BCUT2D eigenvalue weighted by Gasteiger charge is 2.56. The number of rotatable bonds is 38. The largest absolute Gasteiger partial charge is 0.445 e. The number of Topliss-reactive ketones (excluding diaryl/α,β-unsaturated/α-hetero) is 1. The van der Waals surface area contributed by atoms with E-state index in [1.165, 1.54) is 108 Å². The monoisotopic (exact) mass is 918 g/mol. The quantitative estimate of drug-likeness (QED) is 0.0259. The number of alkyl carbamates (subject to hydrolysis) is 1. The highest BCUT2D eigenvalue weighted by molar-refractivity contribution is 5.90. The Hall–Kier alpha value is -3.63. The number of aliphatic hydroxyl groups excluding tert-OH is 3. The lowest BCUT2D eigenvalue weighted by Crippen LogP contribution is -2.76. The van der Waals surface area contributed by atoms with Gasteiger partial charge in [-0.05, 0) is 18.4 Å². The normalized spacial score (nSPS) is 19.4. The van der Waals surface area contributed by atoms with Crippen molar-refractivity contribution in [1.82, 2.24) is 20.9 Å². The number of carbonyl (C=O) groups is 5. The molecule has 0 aliphatic carbocycles. The SMILES string of the molecule is CCCCCCCCCCCCCCCCCC(=O)N(CCCCCCCCCCCC)[C@]1(N)O[C@H](CC(=O)CNC(=O)CNC(=O)CNC(=O)OCc2ccccc2)[C@H](O)[C@H](O)[C@H]1O. The van der Waals surface area contributed by atoms with Crippen molar-refractivity contribution < 1.29 is 48.8 Å². The van der Waals surface area contributed by atoms with Gasteiger partial charge in [0.1, 0.15) is 31.5 Å². The van der Waals surface area contributed by atoms with Gasteiger partial charge in [-0.15, -0.1) is 0 Å². The molecule has 1 aromatic carbocycles. The van der Waals surface area contributed by atoms with Crippen LogP contribution in [0.1, 0.15) is 193 Å². The van der Waals surface area contributed by atoms with Gasteiger partial charge in [0, 0.05) is 19.4 Å². The maximum atomic E-state index is 13.9. The second kappa shape index (κ2) is 35.5. The van der Waals surface area contributed by atoms with Crippen LogP contribution in [0.4, 0.5) is 4.79 Å². The molecule has 65 heavy (non-hydrogen) atoms. The molecule has 1 fully saturated rings.